The van der Waals surface area contributed by atoms with Crippen LogP contribution in [0, 0.1) is 17.6 Å². The number of hydrogen-bond acceptors (Lipinski definition) is 5. The lowest BCUT2D eigenvalue weighted by Gasteiger charge is -2.29. The van der Waals surface area contributed by atoms with Gasteiger partial charge >= 0.3 is 0 Å². The van der Waals surface area contributed by atoms with Gasteiger partial charge in [-0.25, -0.2) is 32.2 Å². The highest BCUT2D eigenvalue weighted by Gasteiger charge is 2.67. The van der Waals surface area contributed by atoms with Crippen molar-refractivity contribution >= 4 is 32.9 Å². The SMILES string of the molecule is NC(=O)C(C(Cc1cc(F)cc(F)c1)c1nc2ncc(Br)cc2c(=O)n1-c1ccc(C2CC2)cc1)n1nc(C(F)F)c2c1C(F)(F)[C@@H]1C[C@H]21. The highest BCUT2D eigenvalue weighted by Crippen LogP contribution is 2.68. The molecule has 8 nitrogen and oxygen atoms in total. The smallest absolute Gasteiger partial charge is 0.293 e. The molecule has 5 aromatic rings. The number of nitrogens with zero attached hydrogens (tertiary/aromatic N) is 5. The molecule has 2 aromatic carbocycles. The van der Waals surface area contributed by atoms with Gasteiger partial charge in [0.05, 0.1) is 17.0 Å². The van der Waals surface area contributed by atoms with Crippen molar-refractivity contribution in [2.24, 2.45) is 11.7 Å². The fraction of sp³-hybridized carbons (Fsp3) is 0.324. The van der Waals surface area contributed by atoms with E-state index < -0.39 is 77.1 Å². The lowest BCUT2D eigenvalue weighted by molar-refractivity contribution is -0.122. The molecule has 3 heterocycles. The molecule has 49 heavy (non-hydrogen) atoms. The summed E-state index contributed by atoms with van der Waals surface area (Å²) >= 11 is 3.30. The van der Waals surface area contributed by atoms with E-state index in [1.165, 1.54) is 12.3 Å². The first kappa shape index (κ1) is 31.7. The number of carbonyl (C=O) groups is 1. The number of alkyl halides is 4. The van der Waals surface area contributed by atoms with E-state index in [4.69, 9.17) is 5.73 Å². The lowest BCUT2D eigenvalue weighted by atomic mass is 9.89. The van der Waals surface area contributed by atoms with Crippen molar-refractivity contribution in [3.8, 4) is 5.69 Å². The molecule has 15 heteroatoms. The minimum absolute atomic E-state index is 0.0253. The van der Waals surface area contributed by atoms with Crippen molar-refractivity contribution in [3.05, 3.63) is 115 Å². The zero-order valence-corrected chi connectivity index (χ0v) is 26.9. The van der Waals surface area contributed by atoms with Crippen LogP contribution in [0.5, 0.6) is 0 Å². The molecule has 0 saturated heterocycles. The Bertz CT molecular complexity index is 2220. The van der Waals surface area contributed by atoms with Gasteiger partial charge < -0.3 is 5.73 Å². The molecule has 2 saturated carbocycles. The van der Waals surface area contributed by atoms with Crippen molar-refractivity contribution in [3.63, 3.8) is 0 Å². The summed E-state index contributed by atoms with van der Waals surface area (Å²) in [5, 5.41) is 3.94. The van der Waals surface area contributed by atoms with Gasteiger partial charge in [-0.15, -0.1) is 0 Å². The van der Waals surface area contributed by atoms with Crippen molar-refractivity contribution in [2.45, 2.75) is 61.8 Å². The molecule has 1 amide bonds. The number of nitrogens with two attached hydrogens (primary N) is 1. The zero-order chi connectivity index (χ0) is 34.5. The molecular weight excluding hydrogens is 718 g/mol. The Kier molecular flexibility index (Phi) is 7.29. The molecular formula is C34H25BrF6N6O2. The lowest BCUT2D eigenvalue weighted by Crippen LogP contribution is -2.39. The first-order valence-electron chi connectivity index (χ1n) is 15.5. The molecule has 0 spiro atoms. The van der Waals surface area contributed by atoms with Gasteiger partial charge in [0.15, 0.2) is 5.65 Å². The average molecular weight is 744 g/mol. The number of rotatable bonds is 9. The number of carbonyl (C=O) groups excluding carboxylic acids is 1. The minimum Gasteiger partial charge on any atom is -0.368 e. The predicted molar refractivity (Wildman–Crippen MR) is 168 cm³/mol. The van der Waals surface area contributed by atoms with Crippen molar-refractivity contribution < 1.29 is 31.1 Å². The van der Waals surface area contributed by atoms with Crippen LogP contribution in [0.15, 0.2) is 64.0 Å². The fourth-order valence-corrected chi connectivity index (χ4v) is 7.63. The summed E-state index contributed by atoms with van der Waals surface area (Å²) in [5.41, 5.74) is 4.37. The molecule has 4 atom stereocenters. The average Bonchev–Trinajstić information content (AvgIpc) is 3.97. The molecule has 252 valence electrons. The summed E-state index contributed by atoms with van der Waals surface area (Å²) in [6.07, 6.45) is -0.376. The van der Waals surface area contributed by atoms with E-state index in [1.54, 1.807) is 12.1 Å². The minimum atomic E-state index is -3.63. The maximum Gasteiger partial charge on any atom is 0.293 e. The van der Waals surface area contributed by atoms with E-state index in [1.807, 2.05) is 12.1 Å². The van der Waals surface area contributed by atoms with Gasteiger partial charge in [0.1, 0.15) is 34.9 Å². The maximum atomic E-state index is 15.9. The Morgan fingerprint density at radius 3 is 2.39 bits per heavy atom. The monoisotopic (exact) mass is 742 g/mol. The van der Waals surface area contributed by atoms with Gasteiger partial charge in [-0.2, -0.15) is 13.9 Å². The summed E-state index contributed by atoms with van der Waals surface area (Å²) in [4.78, 5) is 36.8. The van der Waals surface area contributed by atoms with Crippen LogP contribution in [0.25, 0.3) is 16.7 Å². The van der Waals surface area contributed by atoms with E-state index >= 15 is 8.78 Å². The van der Waals surface area contributed by atoms with Crippen LogP contribution in [-0.2, 0) is 17.1 Å². The second-order valence-corrected chi connectivity index (χ2v) is 13.8. The van der Waals surface area contributed by atoms with Crippen LogP contribution >= 0.6 is 15.9 Å². The van der Waals surface area contributed by atoms with E-state index in [0.717, 1.165) is 35.1 Å². The molecule has 3 aliphatic rings. The van der Waals surface area contributed by atoms with Crippen LogP contribution in [-0.4, -0.2) is 30.2 Å². The number of halogens is 7. The molecule has 0 radical (unpaired) electrons. The number of aromatic nitrogens is 5. The van der Waals surface area contributed by atoms with Crippen LogP contribution in [0.3, 0.4) is 0 Å². The summed E-state index contributed by atoms with van der Waals surface area (Å²) < 4.78 is 91.6. The molecule has 3 aromatic heterocycles. The third kappa shape index (κ3) is 5.24. The zero-order valence-electron chi connectivity index (χ0n) is 25.3. The van der Waals surface area contributed by atoms with Gasteiger partial charge in [-0.05, 0) is 94.9 Å². The van der Waals surface area contributed by atoms with Crippen LogP contribution in [0.2, 0.25) is 0 Å². The molecule has 8 rings (SSSR count). The first-order valence-corrected chi connectivity index (χ1v) is 16.3. The van der Waals surface area contributed by atoms with Crippen molar-refractivity contribution in [2.75, 3.05) is 0 Å². The second kappa shape index (κ2) is 11.3. The molecule has 2 unspecified atom stereocenters. The van der Waals surface area contributed by atoms with Crippen LogP contribution in [0.1, 0.15) is 83.4 Å². The Morgan fingerprint density at radius 2 is 1.76 bits per heavy atom. The van der Waals surface area contributed by atoms with Crippen LogP contribution < -0.4 is 11.3 Å². The Labute approximate surface area is 282 Å². The van der Waals surface area contributed by atoms with Gasteiger partial charge in [-0.1, -0.05) is 12.1 Å². The van der Waals surface area contributed by atoms with E-state index in [9.17, 15) is 27.2 Å². The fourth-order valence-electron chi connectivity index (χ4n) is 7.30. The number of hydrogen-bond donors (Lipinski definition) is 1. The molecule has 0 aliphatic heterocycles. The highest BCUT2D eigenvalue weighted by molar-refractivity contribution is 9.10. The molecule has 3 aliphatic carbocycles. The molecule has 2 N–H and O–H groups in total. The summed E-state index contributed by atoms with van der Waals surface area (Å²) in [6.45, 7) is 0. The maximum absolute atomic E-state index is 15.9. The van der Waals surface area contributed by atoms with Crippen LogP contribution in [0.4, 0.5) is 26.3 Å². The second-order valence-electron chi connectivity index (χ2n) is 12.9. The van der Waals surface area contributed by atoms with Gasteiger partial charge in [0, 0.05) is 28.2 Å². The Hall–Kier alpha value is -4.53. The van der Waals surface area contributed by atoms with E-state index in [2.05, 4.69) is 31.0 Å². The standard InChI is InChI=1S/C34H25BrF6N6O2/c35-17-10-23-31(43-13-17)44-32(46(33(23)49)20-5-3-16(4-6-20)15-1-2-15)22(9-14-7-18(36)11-19(37)8-14)27(30(42)48)47-28-25(26(45-47)29(38)39)21-12-24(21)34(28,40)41/h3-8,10-11,13,15,21-22,24,27,29H,1-2,9,12H2,(H2,42,48)/t21-,22?,24+,27?/m0/s1. The van der Waals surface area contributed by atoms with Gasteiger partial charge in [0.2, 0.25) is 5.91 Å². The number of primary amides is 1. The summed E-state index contributed by atoms with van der Waals surface area (Å²) in [5.74, 6) is -10.4. The first-order chi connectivity index (χ1) is 23.3. The van der Waals surface area contributed by atoms with Crippen molar-refractivity contribution in [1.29, 1.82) is 0 Å². The Morgan fingerprint density at radius 1 is 1.06 bits per heavy atom. The summed E-state index contributed by atoms with van der Waals surface area (Å²) in [7, 11) is 0. The predicted octanol–water partition coefficient (Wildman–Crippen LogP) is 7.09. The third-order valence-corrected chi connectivity index (χ3v) is 10.1. The third-order valence-electron chi connectivity index (χ3n) is 9.69. The van der Waals surface area contributed by atoms with Crippen molar-refractivity contribution in [1.82, 2.24) is 24.3 Å². The largest absolute Gasteiger partial charge is 0.368 e. The van der Waals surface area contributed by atoms with Gasteiger partial charge in [0.25, 0.3) is 17.9 Å². The number of fused-ring (bicyclic) bond motifs is 4. The molecule has 2 fully saturated rings. The number of amides is 1. The number of benzene rings is 2. The number of pyridine rings is 1. The summed E-state index contributed by atoms with van der Waals surface area (Å²) in [6, 6.07) is 9.08. The van der Waals surface area contributed by atoms with Gasteiger partial charge in [-0.3, -0.25) is 14.2 Å². The molecule has 0 bridgehead atoms. The Balaban J connectivity index is 1.41. The van der Waals surface area contributed by atoms with E-state index in [0.29, 0.717) is 21.1 Å². The quantitative estimate of drug-likeness (QED) is 0.162. The highest BCUT2D eigenvalue weighted by atomic mass is 79.9. The topological polar surface area (TPSA) is 109 Å². The normalized spacial score (nSPS) is 20.3. The van der Waals surface area contributed by atoms with E-state index in [-0.39, 0.29) is 40.1 Å².